The van der Waals surface area contributed by atoms with Gasteiger partial charge in [0.15, 0.2) is 6.61 Å². The van der Waals surface area contributed by atoms with Crippen LogP contribution in [0.3, 0.4) is 0 Å². The Balaban J connectivity index is 1.64. The predicted octanol–water partition coefficient (Wildman–Crippen LogP) is 3.21. The lowest BCUT2D eigenvalue weighted by molar-refractivity contribution is -0.123. The number of likely N-dealkylation sites (tertiary alicyclic amines) is 1. The van der Waals surface area contributed by atoms with Gasteiger partial charge in [0, 0.05) is 23.6 Å². The van der Waals surface area contributed by atoms with E-state index in [4.69, 9.17) is 4.74 Å². The molecular weight excluding hydrogens is 344 g/mol. The smallest absolute Gasteiger partial charge is 0.257 e. The fourth-order valence-electron chi connectivity index (χ4n) is 2.89. The lowest BCUT2D eigenvalue weighted by Crippen LogP contribution is -2.44. The molecule has 2 rings (SSSR count). The van der Waals surface area contributed by atoms with Crippen molar-refractivity contribution in [1.82, 2.24) is 10.2 Å². The summed E-state index contributed by atoms with van der Waals surface area (Å²) in [5, 5.41) is 2.94. The topological polar surface area (TPSA) is 41.6 Å². The molecule has 5 heteroatoms. The van der Waals surface area contributed by atoms with Crippen molar-refractivity contribution in [3.05, 3.63) is 28.7 Å². The summed E-state index contributed by atoms with van der Waals surface area (Å²) < 4.78 is 6.46. The molecule has 1 fully saturated rings. The number of carbonyl (C=O) groups is 1. The van der Waals surface area contributed by atoms with Gasteiger partial charge in [-0.2, -0.15) is 0 Å². The van der Waals surface area contributed by atoms with Crippen LogP contribution < -0.4 is 10.1 Å². The molecule has 1 saturated heterocycles. The number of carbonyl (C=O) groups excluding carboxylic acids is 1. The van der Waals surface area contributed by atoms with E-state index in [0.717, 1.165) is 17.6 Å². The molecule has 122 valence electrons. The van der Waals surface area contributed by atoms with Crippen LogP contribution in [0.15, 0.2) is 28.7 Å². The zero-order chi connectivity index (χ0) is 15.8. The van der Waals surface area contributed by atoms with Crippen molar-refractivity contribution >= 4 is 21.8 Å². The van der Waals surface area contributed by atoms with Gasteiger partial charge in [0.2, 0.25) is 0 Å². The summed E-state index contributed by atoms with van der Waals surface area (Å²) in [5.41, 5.74) is 0. The molecule has 1 amide bonds. The molecule has 0 saturated carbocycles. The molecule has 0 spiro atoms. The van der Waals surface area contributed by atoms with Crippen LogP contribution in [0.25, 0.3) is 0 Å². The molecule has 1 aliphatic rings. The van der Waals surface area contributed by atoms with Crippen molar-refractivity contribution in [3.8, 4) is 5.75 Å². The first-order chi connectivity index (χ1) is 10.7. The fourth-order valence-corrected chi connectivity index (χ4v) is 3.15. The van der Waals surface area contributed by atoms with Gasteiger partial charge in [0.1, 0.15) is 5.75 Å². The fraction of sp³-hybridized carbons (Fsp3) is 0.588. The Morgan fingerprint density at radius 3 is 2.86 bits per heavy atom. The first-order valence-electron chi connectivity index (χ1n) is 8.08. The zero-order valence-electron chi connectivity index (χ0n) is 13.2. The van der Waals surface area contributed by atoms with Gasteiger partial charge >= 0.3 is 0 Å². The van der Waals surface area contributed by atoms with Crippen LogP contribution in [-0.2, 0) is 4.79 Å². The van der Waals surface area contributed by atoms with Crippen molar-refractivity contribution in [1.29, 1.82) is 0 Å². The highest BCUT2D eigenvalue weighted by atomic mass is 79.9. The van der Waals surface area contributed by atoms with E-state index in [1.165, 1.54) is 25.7 Å². The lowest BCUT2D eigenvalue weighted by Gasteiger charge is -2.35. The summed E-state index contributed by atoms with van der Waals surface area (Å²) in [5.74, 6) is 0.647. The van der Waals surface area contributed by atoms with E-state index in [9.17, 15) is 4.79 Å². The van der Waals surface area contributed by atoms with Crippen LogP contribution in [-0.4, -0.2) is 43.1 Å². The molecule has 1 heterocycles. The summed E-state index contributed by atoms with van der Waals surface area (Å²) >= 11 is 3.37. The van der Waals surface area contributed by atoms with Gasteiger partial charge in [-0.25, -0.2) is 0 Å². The van der Waals surface area contributed by atoms with Crippen LogP contribution in [0.5, 0.6) is 5.75 Å². The van der Waals surface area contributed by atoms with E-state index in [2.05, 4.69) is 33.1 Å². The molecule has 1 aliphatic heterocycles. The van der Waals surface area contributed by atoms with Crippen LogP contribution >= 0.6 is 15.9 Å². The number of amides is 1. The Morgan fingerprint density at radius 1 is 1.36 bits per heavy atom. The molecular formula is C17H25BrN2O2. The van der Waals surface area contributed by atoms with Crippen LogP contribution in [0.1, 0.15) is 32.6 Å². The van der Waals surface area contributed by atoms with Gasteiger partial charge in [-0.05, 0) is 50.1 Å². The van der Waals surface area contributed by atoms with E-state index in [1.807, 2.05) is 24.3 Å². The number of nitrogens with zero attached hydrogens (tertiary/aromatic N) is 1. The molecule has 0 bridgehead atoms. The normalized spacial score (nSPS) is 18.9. The summed E-state index contributed by atoms with van der Waals surface area (Å²) in [4.78, 5) is 14.3. The molecule has 0 radical (unpaired) electrons. The number of hydrogen-bond acceptors (Lipinski definition) is 3. The Labute approximate surface area is 141 Å². The van der Waals surface area contributed by atoms with Crippen LogP contribution in [0, 0.1) is 0 Å². The third-order valence-corrected chi connectivity index (χ3v) is 4.65. The highest BCUT2D eigenvalue weighted by Gasteiger charge is 2.20. The Bertz CT molecular complexity index is 464. The van der Waals surface area contributed by atoms with E-state index in [0.29, 0.717) is 18.3 Å². The minimum absolute atomic E-state index is 0.0621. The number of hydrogen-bond donors (Lipinski definition) is 1. The average Bonchev–Trinajstić information content (AvgIpc) is 2.55. The third kappa shape index (κ3) is 5.61. The molecule has 22 heavy (non-hydrogen) atoms. The summed E-state index contributed by atoms with van der Waals surface area (Å²) in [6, 6.07) is 8.17. The third-order valence-electron chi connectivity index (χ3n) is 4.13. The standard InChI is InChI=1S/C17H25BrN2O2/c1-2-15-5-3-4-11-20(15)12-10-19-17(21)13-22-16-8-6-14(18)7-9-16/h6-9,15H,2-5,10-13H2,1H3,(H,19,21). The SMILES string of the molecule is CCC1CCCCN1CCNC(=O)COc1ccc(Br)cc1. The second-order valence-electron chi connectivity index (χ2n) is 5.69. The predicted molar refractivity (Wildman–Crippen MR) is 92.1 cm³/mol. The van der Waals surface area contributed by atoms with E-state index in [1.54, 1.807) is 0 Å². The number of ether oxygens (including phenoxy) is 1. The van der Waals surface area contributed by atoms with Gasteiger partial charge in [0.05, 0.1) is 0 Å². The summed E-state index contributed by atoms with van der Waals surface area (Å²) in [6.45, 7) is 5.10. The van der Waals surface area contributed by atoms with Gasteiger partial charge in [0.25, 0.3) is 5.91 Å². The summed E-state index contributed by atoms with van der Waals surface area (Å²) in [7, 11) is 0. The van der Waals surface area contributed by atoms with E-state index >= 15 is 0 Å². The number of rotatable bonds is 7. The van der Waals surface area contributed by atoms with Gasteiger partial charge in [-0.15, -0.1) is 0 Å². The highest BCUT2D eigenvalue weighted by molar-refractivity contribution is 9.10. The molecule has 1 N–H and O–H groups in total. The second kappa shape index (κ2) is 9.16. The summed E-state index contributed by atoms with van der Waals surface area (Å²) in [6.07, 6.45) is 5.09. The molecule has 1 unspecified atom stereocenters. The number of piperidine rings is 1. The maximum absolute atomic E-state index is 11.8. The first-order valence-corrected chi connectivity index (χ1v) is 8.87. The quantitative estimate of drug-likeness (QED) is 0.803. The second-order valence-corrected chi connectivity index (χ2v) is 6.60. The maximum Gasteiger partial charge on any atom is 0.257 e. The molecule has 4 nitrogen and oxygen atoms in total. The number of nitrogens with one attached hydrogen (secondary N) is 1. The minimum atomic E-state index is -0.0621. The van der Waals surface area contributed by atoms with Crippen LogP contribution in [0.4, 0.5) is 0 Å². The molecule has 1 aromatic carbocycles. The van der Waals surface area contributed by atoms with Crippen molar-refractivity contribution < 1.29 is 9.53 Å². The zero-order valence-corrected chi connectivity index (χ0v) is 14.8. The Morgan fingerprint density at radius 2 is 2.14 bits per heavy atom. The monoisotopic (exact) mass is 368 g/mol. The Hall–Kier alpha value is -1.07. The van der Waals surface area contributed by atoms with Crippen LogP contribution in [0.2, 0.25) is 0 Å². The largest absolute Gasteiger partial charge is 0.484 e. The number of halogens is 1. The highest BCUT2D eigenvalue weighted by Crippen LogP contribution is 2.18. The van der Waals surface area contributed by atoms with Crippen molar-refractivity contribution in [3.63, 3.8) is 0 Å². The molecule has 1 atom stereocenters. The van der Waals surface area contributed by atoms with Crippen molar-refractivity contribution in [2.75, 3.05) is 26.2 Å². The lowest BCUT2D eigenvalue weighted by atomic mass is 10.0. The number of benzene rings is 1. The minimum Gasteiger partial charge on any atom is -0.484 e. The van der Waals surface area contributed by atoms with Crippen molar-refractivity contribution in [2.24, 2.45) is 0 Å². The Kier molecular flexibility index (Phi) is 7.19. The molecule has 0 aliphatic carbocycles. The average molecular weight is 369 g/mol. The van der Waals surface area contributed by atoms with Gasteiger partial charge in [-0.3, -0.25) is 9.69 Å². The van der Waals surface area contributed by atoms with E-state index < -0.39 is 0 Å². The van der Waals surface area contributed by atoms with Crippen molar-refractivity contribution in [2.45, 2.75) is 38.6 Å². The van der Waals surface area contributed by atoms with E-state index in [-0.39, 0.29) is 12.5 Å². The maximum atomic E-state index is 11.8. The first kappa shape index (κ1) is 17.3. The van der Waals surface area contributed by atoms with Gasteiger partial charge in [-0.1, -0.05) is 29.3 Å². The molecule has 1 aromatic rings. The molecule has 0 aromatic heterocycles. The van der Waals surface area contributed by atoms with Gasteiger partial charge < -0.3 is 10.1 Å².